The van der Waals surface area contributed by atoms with Gasteiger partial charge in [-0.3, -0.25) is 4.79 Å². The lowest BCUT2D eigenvalue weighted by atomic mass is 9.81. The van der Waals surface area contributed by atoms with Gasteiger partial charge in [0.05, 0.1) is 0 Å². The molecular formula is C22H27NO3. The number of carbonyl (C=O) groups is 1. The zero-order valence-electron chi connectivity index (χ0n) is 15.7. The van der Waals surface area contributed by atoms with Gasteiger partial charge in [0.25, 0.3) is 0 Å². The minimum atomic E-state index is -0.737. The van der Waals surface area contributed by atoms with Gasteiger partial charge in [0, 0.05) is 29.1 Å². The number of aryl methyl sites for hydroxylation is 1. The number of anilines is 1. The summed E-state index contributed by atoms with van der Waals surface area (Å²) in [7, 11) is 0. The molecule has 2 aromatic rings. The Morgan fingerprint density at radius 1 is 1.23 bits per heavy atom. The standard InChI is InChI=1S/C22H27NO3/c1-15-8-4-5-9-17(15)14-26-19-11-6-10-18-21(19)16(2)22(3,23-18)13-7-12-20(24)25/h4-6,8-11,16,23H,7,12-14H2,1-3H3,(H,24,25). The zero-order valence-corrected chi connectivity index (χ0v) is 15.7. The second-order valence-corrected chi connectivity index (χ2v) is 7.44. The molecule has 0 aliphatic carbocycles. The van der Waals surface area contributed by atoms with Gasteiger partial charge >= 0.3 is 5.97 Å². The van der Waals surface area contributed by atoms with E-state index in [-0.39, 0.29) is 17.9 Å². The van der Waals surface area contributed by atoms with E-state index in [1.807, 2.05) is 24.3 Å². The van der Waals surface area contributed by atoms with Gasteiger partial charge in [0.15, 0.2) is 0 Å². The van der Waals surface area contributed by atoms with Gasteiger partial charge in [-0.25, -0.2) is 0 Å². The van der Waals surface area contributed by atoms with Crippen molar-refractivity contribution in [3.05, 3.63) is 59.2 Å². The van der Waals surface area contributed by atoms with E-state index >= 15 is 0 Å². The Bertz CT molecular complexity index is 802. The van der Waals surface area contributed by atoms with E-state index in [0.717, 1.165) is 17.9 Å². The first-order chi connectivity index (χ1) is 12.4. The van der Waals surface area contributed by atoms with Crippen molar-refractivity contribution in [1.82, 2.24) is 0 Å². The highest BCUT2D eigenvalue weighted by atomic mass is 16.5. The summed E-state index contributed by atoms with van der Waals surface area (Å²) in [4.78, 5) is 10.8. The van der Waals surface area contributed by atoms with Crippen LogP contribution in [-0.2, 0) is 11.4 Å². The minimum absolute atomic E-state index is 0.153. The number of carboxylic acid groups (broad SMARTS) is 1. The number of carboxylic acids is 1. The third kappa shape index (κ3) is 3.69. The molecule has 1 aliphatic rings. The van der Waals surface area contributed by atoms with Crippen LogP contribution in [0.1, 0.15) is 55.7 Å². The molecule has 0 fully saturated rings. The fourth-order valence-electron chi connectivity index (χ4n) is 3.77. The Kier molecular flexibility index (Phi) is 5.21. The molecule has 1 heterocycles. The van der Waals surface area contributed by atoms with Crippen LogP contribution in [0, 0.1) is 6.92 Å². The highest BCUT2D eigenvalue weighted by Gasteiger charge is 2.40. The SMILES string of the molecule is Cc1ccccc1COc1cccc2c1C(C)C(C)(CCCC(=O)O)N2. The average Bonchev–Trinajstić information content (AvgIpc) is 2.85. The molecule has 2 N–H and O–H groups in total. The molecule has 2 atom stereocenters. The first kappa shape index (κ1) is 18.3. The van der Waals surface area contributed by atoms with Crippen LogP contribution in [-0.4, -0.2) is 16.6 Å². The number of hydrogen-bond donors (Lipinski definition) is 2. The molecule has 0 radical (unpaired) electrons. The fraction of sp³-hybridized carbons (Fsp3) is 0.409. The highest BCUT2D eigenvalue weighted by molar-refractivity contribution is 5.67. The Balaban J connectivity index is 1.76. The third-order valence-electron chi connectivity index (χ3n) is 5.61. The van der Waals surface area contributed by atoms with Crippen molar-refractivity contribution in [2.75, 3.05) is 5.32 Å². The van der Waals surface area contributed by atoms with E-state index in [1.54, 1.807) is 0 Å². The molecule has 3 rings (SSSR count). The van der Waals surface area contributed by atoms with Crippen LogP contribution >= 0.6 is 0 Å². The van der Waals surface area contributed by atoms with E-state index in [2.05, 4.69) is 44.3 Å². The first-order valence-corrected chi connectivity index (χ1v) is 9.21. The Morgan fingerprint density at radius 3 is 2.73 bits per heavy atom. The molecule has 2 aromatic carbocycles. The normalized spacial score (nSPS) is 21.1. The summed E-state index contributed by atoms with van der Waals surface area (Å²) in [5, 5.41) is 12.5. The average molecular weight is 353 g/mol. The maximum absolute atomic E-state index is 10.8. The number of benzene rings is 2. The van der Waals surface area contributed by atoms with Crippen LogP contribution in [0.15, 0.2) is 42.5 Å². The van der Waals surface area contributed by atoms with Gasteiger partial charge in [0.1, 0.15) is 12.4 Å². The largest absolute Gasteiger partial charge is 0.489 e. The number of aliphatic carboxylic acids is 1. The van der Waals surface area contributed by atoms with Crippen molar-refractivity contribution in [3.8, 4) is 5.75 Å². The lowest BCUT2D eigenvalue weighted by Gasteiger charge is -2.30. The van der Waals surface area contributed by atoms with Crippen LogP contribution in [0.5, 0.6) is 5.75 Å². The number of ether oxygens (including phenoxy) is 1. The summed E-state index contributed by atoms with van der Waals surface area (Å²) in [6.07, 6.45) is 1.68. The molecule has 0 bridgehead atoms. The summed E-state index contributed by atoms with van der Waals surface area (Å²) in [6, 6.07) is 14.4. The molecule has 0 aromatic heterocycles. The summed E-state index contributed by atoms with van der Waals surface area (Å²) in [5.74, 6) is 0.422. The minimum Gasteiger partial charge on any atom is -0.489 e. The number of rotatable bonds is 7. The van der Waals surface area contributed by atoms with Gasteiger partial charge < -0.3 is 15.2 Å². The quantitative estimate of drug-likeness (QED) is 0.725. The van der Waals surface area contributed by atoms with E-state index < -0.39 is 5.97 Å². The van der Waals surface area contributed by atoms with Crippen LogP contribution in [0.4, 0.5) is 5.69 Å². The molecule has 138 valence electrons. The molecule has 4 nitrogen and oxygen atoms in total. The summed E-state index contributed by atoms with van der Waals surface area (Å²) < 4.78 is 6.19. The molecule has 0 spiro atoms. The third-order valence-corrected chi connectivity index (χ3v) is 5.61. The van der Waals surface area contributed by atoms with Crippen molar-refractivity contribution in [1.29, 1.82) is 0 Å². The maximum Gasteiger partial charge on any atom is 0.303 e. The van der Waals surface area contributed by atoms with Gasteiger partial charge in [-0.2, -0.15) is 0 Å². The van der Waals surface area contributed by atoms with Gasteiger partial charge in [-0.1, -0.05) is 37.3 Å². The highest BCUT2D eigenvalue weighted by Crippen LogP contribution is 2.48. The summed E-state index contributed by atoms with van der Waals surface area (Å²) in [5.41, 5.74) is 4.55. The lowest BCUT2D eigenvalue weighted by Crippen LogP contribution is -2.35. The van der Waals surface area contributed by atoms with Crippen molar-refractivity contribution < 1.29 is 14.6 Å². The number of fused-ring (bicyclic) bond motifs is 1. The lowest BCUT2D eigenvalue weighted by molar-refractivity contribution is -0.137. The van der Waals surface area contributed by atoms with E-state index in [1.165, 1.54) is 16.7 Å². The molecule has 0 amide bonds. The van der Waals surface area contributed by atoms with Crippen molar-refractivity contribution in [2.24, 2.45) is 0 Å². The van der Waals surface area contributed by atoms with E-state index in [0.29, 0.717) is 13.0 Å². The second-order valence-electron chi connectivity index (χ2n) is 7.44. The monoisotopic (exact) mass is 353 g/mol. The smallest absolute Gasteiger partial charge is 0.303 e. The second kappa shape index (κ2) is 7.40. The van der Waals surface area contributed by atoms with Crippen LogP contribution < -0.4 is 10.1 Å². The molecule has 0 saturated carbocycles. The zero-order chi connectivity index (χ0) is 18.7. The molecule has 26 heavy (non-hydrogen) atoms. The summed E-state index contributed by atoms with van der Waals surface area (Å²) in [6.45, 7) is 7.01. The van der Waals surface area contributed by atoms with E-state index in [4.69, 9.17) is 9.84 Å². The Morgan fingerprint density at radius 2 is 2.00 bits per heavy atom. The molecule has 2 unspecified atom stereocenters. The van der Waals surface area contributed by atoms with Gasteiger partial charge in [0.2, 0.25) is 0 Å². The Hall–Kier alpha value is -2.49. The predicted octanol–water partition coefficient (Wildman–Crippen LogP) is 5.12. The number of nitrogens with one attached hydrogen (secondary N) is 1. The molecule has 0 saturated heterocycles. The van der Waals surface area contributed by atoms with Crippen molar-refractivity contribution in [2.45, 2.75) is 58.1 Å². The molecule has 1 aliphatic heterocycles. The van der Waals surface area contributed by atoms with E-state index in [9.17, 15) is 4.79 Å². The first-order valence-electron chi connectivity index (χ1n) is 9.21. The summed E-state index contributed by atoms with van der Waals surface area (Å²) >= 11 is 0. The van der Waals surface area contributed by atoms with Gasteiger partial charge in [-0.05, 0) is 49.9 Å². The molecular weight excluding hydrogens is 326 g/mol. The fourth-order valence-corrected chi connectivity index (χ4v) is 3.77. The van der Waals surface area contributed by atoms with Crippen LogP contribution in [0.2, 0.25) is 0 Å². The van der Waals surface area contributed by atoms with Crippen LogP contribution in [0.3, 0.4) is 0 Å². The van der Waals surface area contributed by atoms with Crippen molar-refractivity contribution >= 4 is 11.7 Å². The Labute approximate surface area is 155 Å². The van der Waals surface area contributed by atoms with Gasteiger partial charge in [-0.15, -0.1) is 0 Å². The predicted molar refractivity (Wildman–Crippen MR) is 104 cm³/mol. The number of hydrogen-bond acceptors (Lipinski definition) is 3. The van der Waals surface area contributed by atoms with Crippen molar-refractivity contribution in [3.63, 3.8) is 0 Å². The topological polar surface area (TPSA) is 58.6 Å². The van der Waals surface area contributed by atoms with Crippen LogP contribution in [0.25, 0.3) is 0 Å². The molecule has 4 heteroatoms. The maximum atomic E-state index is 10.8.